The van der Waals surface area contributed by atoms with Gasteiger partial charge in [-0.1, -0.05) is 49.2 Å². The average Bonchev–Trinajstić information content (AvgIpc) is 3.48. The number of benzene rings is 3. The highest BCUT2D eigenvalue weighted by Gasteiger charge is 2.22. The van der Waals surface area contributed by atoms with Gasteiger partial charge in [-0.2, -0.15) is 0 Å². The molecule has 2 heterocycles. The second-order valence-corrected chi connectivity index (χ2v) is 9.37. The maximum Gasteiger partial charge on any atom is 0.216 e. The molecule has 2 aromatic heterocycles. The van der Waals surface area contributed by atoms with Gasteiger partial charge in [0.25, 0.3) is 0 Å². The number of pyridine rings is 1. The van der Waals surface area contributed by atoms with Crippen LogP contribution in [-0.4, -0.2) is 0 Å². The Morgan fingerprint density at radius 3 is 2.42 bits per heavy atom. The van der Waals surface area contributed by atoms with Gasteiger partial charge in [-0.15, -0.1) is 0 Å². The smallest absolute Gasteiger partial charge is 0.216 e. The van der Waals surface area contributed by atoms with E-state index in [2.05, 4.69) is 54.0 Å². The summed E-state index contributed by atoms with van der Waals surface area (Å²) in [5, 5.41) is 1.76. The largest absolute Gasteiger partial charge is 0.454 e. The number of rotatable bonds is 3. The van der Waals surface area contributed by atoms with Gasteiger partial charge in [0.15, 0.2) is 6.20 Å². The van der Waals surface area contributed by atoms with Gasteiger partial charge in [-0.3, -0.25) is 0 Å². The molecule has 6 rings (SSSR count). The number of aromatic nitrogens is 1. The molecule has 0 spiro atoms. The van der Waals surface area contributed by atoms with Crippen LogP contribution in [0.3, 0.4) is 0 Å². The number of hydrogen-bond donors (Lipinski definition) is 0. The first-order chi connectivity index (χ1) is 16.1. The summed E-state index contributed by atoms with van der Waals surface area (Å²) in [4.78, 5) is 0. The Morgan fingerprint density at radius 1 is 0.879 bits per heavy atom. The van der Waals surface area contributed by atoms with E-state index in [0.29, 0.717) is 5.92 Å². The van der Waals surface area contributed by atoms with Crippen LogP contribution in [0.2, 0.25) is 0 Å². The van der Waals surface area contributed by atoms with E-state index in [1.54, 1.807) is 12.1 Å². The van der Waals surface area contributed by atoms with E-state index in [9.17, 15) is 4.39 Å². The third-order valence-electron chi connectivity index (χ3n) is 7.27. The topological polar surface area (TPSA) is 17.0 Å². The molecular formula is C30H27FNO+. The normalized spacial score (nSPS) is 14.5. The summed E-state index contributed by atoms with van der Waals surface area (Å²) in [5.41, 5.74) is 7.99. The lowest BCUT2D eigenvalue weighted by Crippen LogP contribution is -2.30. The minimum absolute atomic E-state index is 0.243. The average molecular weight is 437 g/mol. The van der Waals surface area contributed by atoms with Crippen LogP contribution in [0.1, 0.15) is 42.7 Å². The highest BCUT2D eigenvalue weighted by atomic mass is 19.1. The van der Waals surface area contributed by atoms with Crippen molar-refractivity contribution in [2.45, 2.75) is 38.5 Å². The van der Waals surface area contributed by atoms with Crippen molar-refractivity contribution in [2.24, 2.45) is 7.05 Å². The van der Waals surface area contributed by atoms with Gasteiger partial charge in [0, 0.05) is 28.5 Å². The Kier molecular flexibility index (Phi) is 4.79. The molecule has 1 fully saturated rings. The number of aryl methyl sites for hydroxylation is 2. The molecule has 1 aliphatic rings. The second kappa shape index (κ2) is 7.84. The third-order valence-corrected chi connectivity index (χ3v) is 7.27. The molecular weight excluding hydrogens is 409 g/mol. The zero-order valence-corrected chi connectivity index (χ0v) is 19.1. The minimum atomic E-state index is -0.243. The van der Waals surface area contributed by atoms with Crippen molar-refractivity contribution in [2.75, 3.05) is 0 Å². The number of hydrogen-bond acceptors (Lipinski definition) is 1. The Bertz CT molecular complexity index is 1490. The molecule has 3 heteroatoms. The van der Waals surface area contributed by atoms with Crippen LogP contribution in [0.5, 0.6) is 0 Å². The number of halogens is 1. The first-order valence-electron chi connectivity index (χ1n) is 11.8. The van der Waals surface area contributed by atoms with Crippen LogP contribution >= 0.6 is 0 Å². The summed E-state index contributed by atoms with van der Waals surface area (Å²) in [6.45, 7) is 2.10. The fourth-order valence-corrected chi connectivity index (χ4v) is 5.51. The maximum atomic E-state index is 14.8. The van der Waals surface area contributed by atoms with Crippen LogP contribution in [-0.2, 0) is 7.05 Å². The molecule has 5 aromatic rings. The lowest BCUT2D eigenvalue weighted by molar-refractivity contribution is -0.660. The van der Waals surface area contributed by atoms with Crippen LogP contribution in [0.25, 0.3) is 44.3 Å². The van der Waals surface area contributed by atoms with E-state index in [1.807, 2.05) is 25.4 Å². The summed E-state index contributed by atoms with van der Waals surface area (Å²) >= 11 is 0. The van der Waals surface area contributed by atoms with Gasteiger partial charge in [-0.05, 0) is 60.6 Å². The van der Waals surface area contributed by atoms with Gasteiger partial charge in [0.2, 0.25) is 5.69 Å². The molecule has 0 saturated heterocycles. The van der Waals surface area contributed by atoms with Gasteiger partial charge in [0.05, 0.1) is 5.56 Å². The molecule has 0 amide bonds. The van der Waals surface area contributed by atoms with Crippen molar-refractivity contribution >= 4 is 21.9 Å². The fourth-order valence-electron chi connectivity index (χ4n) is 5.51. The number of fused-ring (bicyclic) bond motifs is 3. The first-order valence-corrected chi connectivity index (χ1v) is 11.8. The molecule has 2 nitrogen and oxygen atoms in total. The summed E-state index contributed by atoms with van der Waals surface area (Å²) in [6.07, 6.45) is 7.21. The maximum absolute atomic E-state index is 14.8. The molecule has 0 radical (unpaired) electrons. The van der Waals surface area contributed by atoms with E-state index in [1.165, 1.54) is 31.2 Å². The summed E-state index contributed by atoms with van der Waals surface area (Å²) < 4.78 is 23.5. The van der Waals surface area contributed by atoms with Crippen LogP contribution in [0.15, 0.2) is 77.3 Å². The van der Waals surface area contributed by atoms with Gasteiger partial charge in [0.1, 0.15) is 24.0 Å². The van der Waals surface area contributed by atoms with Gasteiger partial charge < -0.3 is 4.42 Å². The quantitative estimate of drug-likeness (QED) is 0.263. The standard InChI is InChI=1S/C30H27FNO/c1-19-10-15-24-26-18-23(31)17-25(22-13-11-21(12-14-22)20-7-3-4-8-20)29(26)33-30(24)28(19)27-9-5-6-16-32(27)2/h5-6,9-18,20H,3-4,7-8H2,1-2H3/q+1. The molecule has 0 bridgehead atoms. The second-order valence-electron chi connectivity index (χ2n) is 9.37. The van der Waals surface area contributed by atoms with Crippen LogP contribution < -0.4 is 4.57 Å². The molecule has 3 aromatic carbocycles. The monoisotopic (exact) mass is 436 g/mol. The van der Waals surface area contributed by atoms with Crippen molar-refractivity contribution in [3.8, 4) is 22.4 Å². The summed E-state index contributed by atoms with van der Waals surface area (Å²) in [7, 11) is 2.03. The minimum Gasteiger partial charge on any atom is -0.454 e. The van der Waals surface area contributed by atoms with Crippen LogP contribution in [0.4, 0.5) is 4.39 Å². The van der Waals surface area contributed by atoms with Gasteiger partial charge in [-0.25, -0.2) is 8.96 Å². The molecule has 0 aliphatic heterocycles. The van der Waals surface area contributed by atoms with Crippen molar-refractivity contribution in [3.63, 3.8) is 0 Å². The Labute approximate surface area is 193 Å². The molecule has 1 aliphatic carbocycles. The molecule has 164 valence electrons. The Balaban J connectivity index is 1.57. The lowest BCUT2D eigenvalue weighted by Gasteiger charge is -2.10. The van der Waals surface area contributed by atoms with Crippen molar-refractivity contribution < 1.29 is 13.4 Å². The van der Waals surface area contributed by atoms with E-state index in [0.717, 1.165) is 49.9 Å². The van der Waals surface area contributed by atoms with Crippen molar-refractivity contribution in [3.05, 3.63) is 89.9 Å². The number of nitrogens with zero attached hydrogens (tertiary/aromatic N) is 1. The van der Waals surface area contributed by atoms with Crippen LogP contribution in [0, 0.1) is 12.7 Å². The zero-order valence-electron chi connectivity index (χ0n) is 19.1. The highest BCUT2D eigenvalue weighted by molar-refractivity contribution is 6.13. The predicted molar refractivity (Wildman–Crippen MR) is 132 cm³/mol. The van der Waals surface area contributed by atoms with E-state index in [-0.39, 0.29) is 5.82 Å². The molecule has 33 heavy (non-hydrogen) atoms. The summed E-state index contributed by atoms with van der Waals surface area (Å²) in [5.74, 6) is 0.419. The summed E-state index contributed by atoms with van der Waals surface area (Å²) in [6, 6.07) is 22.2. The Morgan fingerprint density at radius 2 is 1.67 bits per heavy atom. The molecule has 0 atom stereocenters. The molecule has 0 N–H and O–H groups in total. The van der Waals surface area contributed by atoms with Crippen molar-refractivity contribution in [1.82, 2.24) is 0 Å². The van der Waals surface area contributed by atoms with Crippen molar-refractivity contribution in [1.29, 1.82) is 0 Å². The number of furan rings is 1. The lowest BCUT2D eigenvalue weighted by atomic mass is 9.94. The van der Waals surface area contributed by atoms with E-state index >= 15 is 0 Å². The third kappa shape index (κ3) is 3.34. The van der Waals surface area contributed by atoms with E-state index in [4.69, 9.17) is 4.42 Å². The van der Waals surface area contributed by atoms with E-state index < -0.39 is 0 Å². The predicted octanol–water partition coefficient (Wildman–Crippen LogP) is 7.85. The molecule has 0 unspecified atom stereocenters. The highest BCUT2D eigenvalue weighted by Crippen LogP contribution is 2.41. The molecule has 1 saturated carbocycles. The SMILES string of the molecule is Cc1ccc2c(oc3c(-c4ccc(C5CCCC5)cc4)cc(F)cc32)c1-c1cccc[n+]1C. The first kappa shape index (κ1) is 20.2. The van der Waals surface area contributed by atoms with Gasteiger partial charge >= 0.3 is 0 Å². The Hall–Kier alpha value is -3.46. The zero-order chi connectivity index (χ0) is 22.5. The fraction of sp³-hybridized carbons (Fsp3) is 0.233.